The Bertz CT molecular complexity index is 545. The number of hydrogen-bond donors (Lipinski definition) is 0. The molecule has 0 fully saturated rings. The van der Waals surface area contributed by atoms with Crippen LogP contribution < -0.4 is 4.74 Å². The lowest BCUT2D eigenvalue weighted by Gasteiger charge is -2.11. The van der Waals surface area contributed by atoms with Crippen molar-refractivity contribution < 1.29 is 4.74 Å². The topological polar surface area (TPSA) is 52.8 Å². The molecule has 1 atom stereocenters. The highest BCUT2D eigenvalue weighted by atomic mass is 35.5. The van der Waals surface area contributed by atoms with Crippen molar-refractivity contribution in [2.45, 2.75) is 24.6 Å². The molecule has 0 aliphatic heterocycles. The normalized spacial score (nSPS) is 12.9. The van der Waals surface area contributed by atoms with E-state index in [-0.39, 0.29) is 0 Å². The third kappa shape index (κ3) is 2.40. The lowest BCUT2D eigenvalue weighted by molar-refractivity contribution is 0.401. The molecule has 0 aliphatic rings. The maximum absolute atomic E-state index is 5.95. The van der Waals surface area contributed by atoms with Crippen LogP contribution in [0.25, 0.3) is 11.2 Å². The average Bonchev–Trinajstić information content (AvgIpc) is 2.76. The second-order valence-corrected chi connectivity index (χ2v) is 5.42. The van der Waals surface area contributed by atoms with Gasteiger partial charge in [-0.1, -0.05) is 6.92 Å². The first kappa shape index (κ1) is 13.4. The zero-order chi connectivity index (χ0) is 13.1. The van der Waals surface area contributed by atoms with E-state index in [4.69, 9.17) is 16.3 Å². The van der Waals surface area contributed by atoms with Crippen molar-refractivity contribution in [3.8, 4) is 5.88 Å². The molecule has 18 heavy (non-hydrogen) atoms. The van der Waals surface area contributed by atoms with E-state index in [2.05, 4.69) is 28.1 Å². The predicted octanol–water partition coefficient (Wildman–Crippen LogP) is 2.33. The smallest absolute Gasteiger partial charge is 0.245 e. The van der Waals surface area contributed by atoms with Gasteiger partial charge in [-0.25, -0.2) is 9.97 Å². The summed E-state index contributed by atoms with van der Waals surface area (Å²) in [7, 11) is 1.58. The van der Waals surface area contributed by atoms with Crippen LogP contribution in [0.15, 0.2) is 6.33 Å². The van der Waals surface area contributed by atoms with Gasteiger partial charge < -0.3 is 9.30 Å². The molecule has 2 aromatic heterocycles. The molecule has 2 heterocycles. The fourth-order valence-corrected chi connectivity index (χ4v) is 2.24. The largest absolute Gasteiger partial charge is 0.479 e. The number of alkyl halides is 1. The zero-order valence-electron chi connectivity index (χ0n) is 10.6. The standard InChI is InChI=1S/C11H15ClN4OS/c1-7(18-3)5-16-8(4-12)15-9-10(16)13-6-14-11(9)17-2/h6-7H,4-5H2,1-3H3. The Labute approximate surface area is 115 Å². The van der Waals surface area contributed by atoms with Crippen molar-refractivity contribution in [3.63, 3.8) is 0 Å². The summed E-state index contributed by atoms with van der Waals surface area (Å²) < 4.78 is 7.23. The highest BCUT2D eigenvalue weighted by Crippen LogP contribution is 2.23. The number of fused-ring (bicyclic) bond motifs is 1. The van der Waals surface area contributed by atoms with Crippen LogP contribution in [-0.4, -0.2) is 38.1 Å². The SMILES string of the molecule is COc1ncnc2c1nc(CCl)n2CC(C)SC. The van der Waals surface area contributed by atoms with Crippen LogP contribution in [0.4, 0.5) is 0 Å². The van der Waals surface area contributed by atoms with E-state index in [1.165, 1.54) is 6.33 Å². The van der Waals surface area contributed by atoms with Crippen molar-refractivity contribution in [1.29, 1.82) is 0 Å². The maximum atomic E-state index is 5.95. The molecular formula is C11H15ClN4OS. The summed E-state index contributed by atoms with van der Waals surface area (Å²) in [5.74, 6) is 1.63. The number of methoxy groups -OCH3 is 1. The molecule has 0 aliphatic carbocycles. The molecule has 1 unspecified atom stereocenters. The van der Waals surface area contributed by atoms with E-state index in [1.54, 1.807) is 18.9 Å². The fourth-order valence-electron chi connectivity index (χ4n) is 1.74. The van der Waals surface area contributed by atoms with Crippen molar-refractivity contribution >= 4 is 34.5 Å². The Hall–Kier alpha value is -1.01. The summed E-state index contributed by atoms with van der Waals surface area (Å²) >= 11 is 7.74. The average molecular weight is 287 g/mol. The lowest BCUT2D eigenvalue weighted by atomic mass is 10.4. The fraction of sp³-hybridized carbons (Fsp3) is 0.545. The third-order valence-electron chi connectivity index (χ3n) is 2.73. The van der Waals surface area contributed by atoms with Crippen molar-refractivity contribution in [2.24, 2.45) is 0 Å². The summed E-state index contributed by atoms with van der Waals surface area (Å²) in [4.78, 5) is 12.8. The Morgan fingerprint density at radius 1 is 1.50 bits per heavy atom. The second kappa shape index (κ2) is 5.75. The first-order chi connectivity index (χ1) is 8.71. The van der Waals surface area contributed by atoms with Gasteiger partial charge in [-0.15, -0.1) is 11.6 Å². The van der Waals surface area contributed by atoms with Crippen LogP contribution in [0.2, 0.25) is 0 Å². The van der Waals surface area contributed by atoms with Crippen LogP contribution in [-0.2, 0) is 12.4 Å². The van der Waals surface area contributed by atoms with E-state index in [1.807, 2.05) is 4.57 Å². The van der Waals surface area contributed by atoms with E-state index >= 15 is 0 Å². The van der Waals surface area contributed by atoms with Gasteiger partial charge in [0, 0.05) is 11.8 Å². The van der Waals surface area contributed by atoms with Gasteiger partial charge in [0.05, 0.1) is 13.0 Å². The molecule has 0 saturated heterocycles. The van der Waals surface area contributed by atoms with E-state index in [0.29, 0.717) is 22.5 Å². The molecule has 2 rings (SSSR count). The second-order valence-electron chi connectivity index (χ2n) is 3.87. The Balaban J connectivity index is 2.55. The quantitative estimate of drug-likeness (QED) is 0.790. The van der Waals surface area contributed by atoms with Gasteiger partial charge in [-0.3, -0.25) is 0 Å². The van der Waals surface area contributed by atoms with Gasteiger partial charge in [-0.05, 0) is 6.26 Å². The van der Waals surface area contributed by atoms with Gasteiger partial charge in [0.25, 0.3) is 0 Å². The van der Waals surface area contributed by atoms with Crippen LogP contribution in [0.1, 0.15) is 12.7 Å². The summed E-state index contributed by atoms with van der Waals surface area (Å²) in [5, 5.41) is 0.463. The molecule has 98 valence electrons. The highest BCUT2D eigenvalue weighted by Gasteiger charge is 2.16. The number of ether oxygens (including phenoxy) is 1. The number of aromatic nitrogens is 4. The molecule has 5 nitrogen and oxygen atoms in total. The van der Waals surface area contributed by atoms with Crippen molar-refractivity contribution in [1.82, 2.24) is 19.5 Å². The van der Waals surface area contributed by atoms with Gasteiger partial charge in [0.1, 0.15) is 12.2 Å². The maximum Gasteiger partial charge on any atom is 0.245 e. The van der Waals surface area contributed by atoms with E-state index < -0.39 is 0 Å². The Morgan fingerprint density at radius 2 is 2.28 bits per heavy atom. The molecule has 0 saturated carbocycles. The lowest BCUT2D eigenvalue weighted by Crippen LogP contribution is -2.12. The van der Waals surface area contributed by atoms with Crippen LogP contribution in [0.3, 0.4) is 0 Å². The minimum absolute atomic E-state index is 0.348. The molecule has 2 aromatic rings. The van der Waals surface area contributed by atoms with Gasteiger partial charge in [-0.2, -0.15) is 16.7 Å². The van der Waals surface area contributed by atoms with Crippen LogP contribution in [0, 0.1) is 0 Å². The number of imidazole rings is 1. The van der Waals surface area contributed by atoms with E-state index in [0.717, 1.165) is 18.0 Å². The van der Waals surface area contributed by atoms with Gasteiger partial charge >= 0.3 is 0 Å². The molecular weight excluding hydrogens is 272 g/mol. The summed E-state index contributed by atoms with van der Waals surface area (Å²) in [5.41, 5.74) is 1.45. The summed E-state index contributed by atoms with van der Waals surface area (Å²) in [6.07, 6.45) is 3.57. The molecule has 0 aromatic carbocycles. The molecule has 0 radical (unpaired) electrons. The monoisotopic (exact) mass is 286 g/mol. The Kier molecular flexibility index (Phi) is 4.29. The van der Waals surface area contributed by atoms with E-state index in [9.17, 15) is 0 Å². The number of nitrogens with zero attached hydrogens (tertiary/aromatic N) is 4. The molecule has 7 heteroatoms. The van der Waals surface area contributed by atoms with Gasteiger partial charge in [0.2, 0.25) is 5.88 Å². The molecule has 0 bridgehead atoms. The Morgan fingerprint density at radius 3 is 2.89 bits per heavy atom. The first-order valence-corrected chi connectivity index (χ1v) is 7.36. The van der Waals surface area contributed by atoms with Gasteiger partial charge in [0.15, 0.2) is 11.2 Å². The molecule has 0 amide bonds. The minimum Gasteiger partial charge on any atom is -0.479 e. The van der Waals surface area contributed by atoms with Crippen molar-refractivity contribution in [3.05, 3.63) is 12.2 Å². The molecule has 0 spiro atoms. The van der Waals surface area contributed by atoms with Crippen molar-refractivity contribution in [2.75, 3.05) is 13.4 Å². The van der Waals surface area contributed by atoms with Crippen LogP contribution >= 0.6 is 23.4 Å². The molecule has 0 N–H and O–H groups in total. The zero-order valence-corrected chi connectivity index (χ0v) is 12.1. The highest BCUT2D eigenvalue weighted by molar-refractivity contribution is 7.99. The summed E-state index contributed by atoms with van der Waals surface area (Å²) in [6, 6.07) is 0. The minimum atomic E-state index is 0.348. The summed E-state index contributed by atoms with van der Waals surface area (Å²) in [6.45, 7) is 2.98. The third-order valence-corrected chi connectivity index (χ3v) is 3.93. The first-order valence-electron chi connectivity index (χ1n) is 5.54. The number of rotatable bonds is 5. The number of thioether (sulfide) groups is 1. The number of hydrogen-bond acceptors (Lipinski definition) is 5. The number of halogens is 1. The predicted molar refractivity (Wildman–Crippen MR) is 74.4 cm³/mol. The van der Waals surface area contributed by atoms with Crippen LogP contribution in [0.5, 0.6) is 5.88 Å².